The fourth-order valence-corrected chi connectivity index (χ4v) is 1.50. The van der Waals surface area contributed by atoms with Crippen molar-refractivity contribution in [1.29, 1.82) is 0 Å². The monoisotopic (exact) mass is 238 g/mol. The Hall–Kier alpha value is -1.42. The smallest absolute Gasteiger partial charge is 0.239 e. The lowest BCUT2D eigenvalue weighted by Gasteiger charge is -2.23. The van der Waals surface area contributed by atoms with E-state index in [1.807, 2.05) is 13.8 Å². The molecule has 1 rings (SSSR count). The fourth-order valence-electron chi connectivity index (χ4n) is 1.50. The van der Waals surface area contributed by atoms with Crippen molar-refractivity contribution in [1.82, 2.24) is 4.90 Å². The van der Waals surface area contributed by atoms with E-state index < -0.39 is 6.04 Å². The molecule has 2 N–H and O–H groups in total. The van der Waals surface area contributed by atoms with E-state index in [1.165, 1.54) is 11.0 Å². The molecule has 0 fully saturated rings. The number of amides is 1. The van der Waals surface area contributed by atoms with E-state index in [0.717, 1.165) is 0 Å². The number of hydrogen-bond donors (Lipinski definition) is 1. The molecule has 94 valence electrons. The average molecular weight is 238 g/mol. The van der Waals surface area contributed by atoms with E-state index in [4.69, 9.17) is 5.73 Å². The number of carbonyl (C=O) groups is 1. The summed E-state index contributed by atoms with van der Waals surface area (Å²) in [5, 5.41) is 0. The standard InChI is InChI=1S/C13H19FN2O/c1-9(2)12(15)13(17)16(3)8-10-6-4-5-7-11(10)14/h4-7,9,12H,8,15H2,1-3H3. The number of nitrogens with two attached hydrogens (primary N) is 1. The Labute approximate surface area is 101 Å². The summed E-state index contributed by atoms with van der Waals surface area (Å²) in [6.07, 6.45) is 0. The molecule has 0 aliphatic carbocycles. The maximum atomic E-state index is 13.4. The Morgan fingerprint density at radius 3 is 2.53 bits per heavy atom. The van der Waals surface area contributed by atoms with Gasteiger partial charge in [0, 0.05) is 19.2 Å². The quantitative estimate of drug-likeness (QED) is 0.869. The largest absolute Gasteiger partial charge is 0.340 e. The highest BCUT2D eigenvalue weighted by molar-refractivity contribution is 5.81. The van der Waals surface area contributed by atoms with Gasteiger partial charge in [-0.1, -0.05) is 32.0 Å². The molecule has 17 heavy (non-hydrogen) atoms. The molecule has 1 atom stereocenters. The topological polar surface area (TPSA) is 46.3 Å². The molecule has 4 heteroatoms. The number of benzene rings is 1. The number of carbonyl (C=O) groups excluding carboxylic acids is 1. The molecule has 0 heterocycles. The van der Waals surface area contributed by atoms with Crippen LogP contribution in [0.4, 0.5) is 4.39 Å². The summed E-state index contributed by atoms with van der Waals surface area (Å²) in [4.78, 5) is 13.3. The summed E-state index contributed by atoms with van der Waals surface area (Å²) in [5.41, 5.74) is 6.27. The van der Waals surface area contributed by atoms with Gasteiger partial charge >= 0.3 is 0 Å². The Kier molecular flexibility index (Phi) is 4.63. The minimum Gasteiger partial charge on any atom is -0.340 e. The maximum absolute atomic E-state index is 13.4. The molecule has 0 aliphatic rings. The Morgan fingerprint density at radius 2 is 2.00 bits per heavy atom. The molecule has 1 aromatic rings. The molecular formula is C13H19FN2O. The van der Waals surface area contributed by atoms with E-state index >= 15 is 0 Å². The van der Waals surface area contributed by atoms with Crippen LogP contribution in [0.15, 0.2) is 24.3 Å². The predicted molar refractivity (Wildman–Crippen MR) is 65.7 cm³/mol. The van der Waals surface area contributed by atoms with Crippen molar-refractivity contribution in [3.8, 4) is 0 Å². The van der Waals surface area contributed by atoms with Gasteiger partial charge in [-0.3, -0.25) is 4.79 Å². The lowest BCUT2D eigenvalue weighted by molar-refractivity contribution is -0.132. The van der Waals surface area contributed by atoms with Crippen LogP contribution >= 0.6 is 0 Å². The van der Waals surface area contributed by atoms with Crippen molar-refractivity contribution >= 4 is 5.91 Å². The predicted octanol–water partition coefficient (Wildman–Crippen LogP) is 1.77. The van der Waals surface area contributed by atoms with Gasteiger partial charge in [-0.25, -0.2) is 4.39 Å². The van der Waals surface area contributed by atoms with Crippen LogP contribution in [0.2, 0.25) is 0 Å². The SMILES string of the molecule is CC(C)C(N)C(=O)N(C)Cc1ccccc1F. The van der Waals surface area contributed by atoms with E-state index in [9.17, 15) is 9.18 Å². The summed E-state index contributed by atoms with van der Waals surface area (Å²) in [6, 6.07) is 5.89. The number of hydrogen-bond acceptors (Lipinski definition) is 2. The first kappa shape index (κ1) is 13.6. The van der Waals surface area contributed by atoms with Gasteiger partial charge in [-0.2, -0.15) is 0 Å². The number of halogens is 1. The Morgan fingerprint density at radius 1 is 1.41 bits per heavy atom. The maximum Gasteiger partial charge on any atom is 0.239 e. The van der Waals surface area contributed by atoms with Crippen molar-refractivity contribution in [3.05, 3.63) is 35.6 Å². The van der Waals surface area contributed by atoms with E-state index in [-0.39, 0.29) is 24.2 Å². The van der Waals surface area contributed by atoms with Gasteiger partial charge in [0.25, 0.3) is 0 Å². The van der Waals surface area contributed by atoms with Gasteiger partial charge in [-0.05, 0) is 12.0 Å². The van der Waals surface area contributed by atoms with Crippen molar-refractivity contribution in [3.63, 3.8) is 0 Å². The van der Waals surface area contributed by atoms with Crippen LogP contribution in [0.25, 0.3) is 0 Å². The number of nitrogens with zero attached hydrogens (tertiary/aromatic N) is 1. The Balaban J connectivity index is 2.70. The zero-order valence-electron chi connectivity index (χ0n) is 10.5. The highest BCUT2D eigenvalue weighted by Gasteiger charge is 2.21. The van der Waals surface area contributed by atoms with Crippen LogP contribution in [0.3, 0.4) is 0 Å². The molecule has 0 spiro atoms. The summed E-state index contributed by atoms with van der Waals surface area (Å²) < 4.78 is 13.4. The van der Waals surface area contributed by atoms with E-state index in [2.05, 4.69) is 0 Å². The number of rotatable bonds is 4. The second-order valence-corrected chi connectivity index (χ2v) is 4.56. The lowest BCUT2D eigenvalue weighted by atomic mass is 10.0. The first-order valence-corrected chi connectivity index (χ1v) is 5.67. The van der Waals surface area contributed by atoms with E-state index in [0.29, 0.717) is 5.56 Å². The molecule has 3 nitrogen and oxygen atoms in total. The first-order chi connectivity index (χ1) is 7.93. The minimum absolute atomic E-state index is 0.0746. The van der Waals surface area contributed by atoms with Gasteiger partial charge in [0.05, 0.1) is 6.04 Å². The molecule has 0 bridgehead atoms. The highest BCUT2D eigenvalue weighted by atomic mass is 19.1. The summed E-state index contributed by atoms with van der Waals surface area (Å²) >= 11 is 0. The third-order valence-corrected chi connectivity index (χ3v) is 2.74. The van der Waals surface area contributed by atoms with Crippen molar-refractivity contribution < 1.29 is 9.18 Å². The third-order valence-electron chi connectivity index (χ3n) is 2.74. The molecule has 0 aromatic heterocycles. The molecule has 0 saturated carbocycles. The molecule has 0 aliphatic heterocycles. The van der Waals surface area contributed by atoms with Crippen molar-refractivity contribution in [2.45, 2.75) is 26.4 Å². The zero-order valence-corrected chi connectivity index (χ0v) is 10.5. The van der Waals surface area contributed by atoms with Crippen LogP contribution in [-0.4, -0.2) is 23.9 Å². The third kappa shape index (κ3) is 3.53. The van der Waals surface area contributed by atoms with Gasteiger partial charge in [0.1, 0.15) is 5.82 Å². The van der Waals surface area contributed by atoms with Crippen LogP contribution in [0.5, 0.6) is 0 Å². The molecule has 1 aromatic carbocycles. The fraction of sp³-hybridized carbons (Fsp3) is 0.462. The molecule has 0 saturated heterocycles. The van der Waals surface area contributed by atoms with Crippen LogP contribution in [0, 0.1) is 11.7 Å². The highest BCUT2D eigenvalue weighted by Crippen LogP contribution is 2.10. The summed E-state index contributed by atoms with van der Waals surface area (Å²) in [6.45, 7) is 4.02. The van der Waals surface area contributed by atoms with Crippen molar-refractivity contribution in [2.24, 2.45) is 11.7 Å². The zero-order chi connectivity index (χ0) is 13.0. The van der Waals surface area contributed by atoms with Crippen LogP contribution < -0.4 is 5.73 Å². The van der Waals surface area contributed by atoms with Gasteiger partial charge in [0.15, 0.2) is 0 Å². The second kappa shape index (κ2) is 5.77. The van der Waals surface area contributed by atoms with Crippen LogP contribution in [0.1, 0.15) is 19.4 Å². The second-order valence-electron chi connectivity index (χ2n) is 4.56. The summed E-state index contributed by atoms with van der Waals surface area (Å²) in [7, 11) is 1.64. The Bertz CT molecular complexity index is 393. The molecule has 1 unspecified atom stereocenters. The normalized spacial score (nSPS) is 12.6. The van der Waals surface area contributed by atoms with Crippen molar-refractivity contribution in [2.75, 3.05) is 7.05 Å². The van der Waals surface area contributed by atoms with E-state index in [1.54, 1.807) is 25.2 Å². The van der Waals surface area contributed by atoms with Crippen LogP contribution in [-0.2, 0) is 11.3 Å². The average Bonchev–Trinajstić information content (AvgIpc) is 2.30. The first-order valence-electron chi connectivity index (χ1n) is 5.67. The van der Waals surface area contributed by atoms with Gasteiger partial charge in [-0.15, -0.1) is 0 Å². The van der Waals surface area contributed by atoms with Gasteiger partial charge in [0.2, 0.25) is 5.91 Å². The lowest BCUT2D eigenvalue weighted by Crippen LogP contribution is -2.44. The molecule has 1 amide bonds. The summed E-state index contributed by atoms with van der Waals surface area (Å²) in [5.74, 6) is -0.390. The number of likely N-dealkylation sites (N-methyl/N-ethyl adjacent to an activating group) is 1. The minimum atomic E-state index is -0.535. The molecular weight excluding hydrogens is 219 g/mol. The molecule has 0 radical (unpaired) electrons. The van der Waals surface area contributed by atoms with Gasteiger partial charge < -0.3 is 10.6 Å².